The number of carbonyl (C=O) groups excluding carboxylic acids is 2. The average Bonchev–Trinajstić information content (AvgIpc) is 3.01. The Morgan fingerprint density at radius 1 is 1.37 bits per heavy atom. The zero-order chi connectivity index (χ0) is 21.4. The molecule has 3 heterocycles. The Labute approximate surface area is 173 Å². The van der Waals surface area contributed by atoms with Crippen molar-refractivity contribution in [3.63, 3.8) is 0 Å². The van der Waals surface area contributed by atoms with Crippen molar-refractivity contribution in [3.8, 4) is 11.6 Å². The fourth-order valence-corrected chi connectivity index (χ4v) is 3.52. The summed E-state index contributed by atoms with van der Waals surface area (Å²) in [5.41, 5.74) is 4.04. The molecule has 4 rings (SSSR count). The van der Waals surface area contributed by atoms with Gasteiger partial charge in [-0.3, -0.25) is 9.59 Å². The van der Waals surface area contributed by atoms with Gasteiger partial charge in [0, 0.05) is 12.7 Å². The van der Waals surface area contributed by atoms with Gasteiger partial charge in [0.05, 0.1) is 17.1 Å². The summed E-state index contributed by atoms with van der Waals surface area (Å²) in [5, 5.41) is 10.8. The van der Waals surface area contributed by atoms with E-state index in [9.17, 15) is 9.59 Å². The highest BCUT2D eigenvalue weighted by molar-refractivity contribution is 5.95. The van der Waals surface area contributed by atoms with E-state index in [1.54, 1.807) is 23.9 Å². The molecule has 1 aromatic carbocycles. The van der Waals surface area contributed by atoms with Crippen molar-refractivity contribution in [2.75, 3.05) is 18.5 Å². The first-order valence-electron chi connectivity index (χ1n) is 9.61. The second-order valence-electron chi connectivity index (χ2n) is 7.38. The SMILES string of the molecule is Cc1cc(C)c2c(OCC(=O)NC(C)c3ccc4c(c3)NC(=O)CO4)nn(C)c2n1. The molecular formula is C21H23N5O4. The van der Waals surface area contributed by atoms with E-state index in [1.165, 1.54) is 0 Å². The molecule has 0 radical (unpaired) electrons. The van der Waals surface area contributed by atoms with Crippen LogP contribution in [-0.2, 0) is 16.6 Å². The number of aryl methyl sites for hydroxylation is 3. The van der Waals surface area contributed by atoms with Crippen molar-refractivity contribution in [2.45, 2.75) is 26.8 Å². The van der Waals surface area contributed by atoms with Gasteiger partial charge in [-0.15, -0.1) is 5.10 Å². The highest BCUT2D eigenvalue weighted by Gasteiger charge is 2.19. The van der Waals surface area contributed by atoms with Crippen LogP contribution in [0.4, 0.5) is 5.69 Å². The maximum Gasteiger partial charge on any atom is 0.262 e. The molecule has 2 amide bonds. The molecule has 1 atom stereocenters. The number of pyridine rings is 1. The highest BCUT2D eigenvalue weighted by atomic mass is 16.5. The Morgan fingerprint density at radius 2 is 2.17 bits per heavy atom. The Morgan fingerprint density at radius 3 is 2.97 bits per heavy atom. The van der Waals surface area contributed by atoms with Crippen LogP contribution in [-0.4, -0.2) is 39.8 Å². The number of carbonyl (C=O) groups is 2. The molecule has 2 aromatic heterocycles. The van der Waals surface area contributed by atoms with E-state index in [2.05, 4.69) is 20.7 Å². The van der Waals surface area contributed by atoms with Crippen molar-refractivity contribution >= 4 is 28.5 Å². The lowest BCUT2D eigenvalue weighted by Crippen LogP contribution is -2.31. The van der Waals surface area contributed by atoms with Crippen LogP contribution >= 0.6 is 0 Å². The van der Waals surface area contributed by atoms with E-state index in [0.717, 1.165) is 27.9 Å². The molecule has 156 valence electrons. The number of nitrogens with zero attached hydrogens (tertiary/aromatic N) is 3. The molecule has 0 bridgehead atoms. The maximum atomic E-state index is 12.4. The quantitative estimate of drug-likeness (QED) is 0.669. The summed E-state index contributed by atoms with van der Waals surface area (Å²) < 4.78 is 12.7. The van der Waals surface area contributed by atoms with E-state index < -0.39 is 0 Å². The Balaban J connectivity index is 1.43. The third-order valence-corrected chi connectivity index (χ3v) is 4.94. The molecule has 0 fully saturated rings. The van der Waals surface area contributed by atoms with E-state index in [1.807, 2.05) is 32.9 Å². The molecule has 1 aliphatic rings. The van der Waals surface area contributed by atoms with E-state index in [-0.39, 0.29) is 31.1 Å². The summed E-state index contributed by atoms with van der Waals surface area (Å²) in [7, 11) is 1.79. The number of anilines is 1. The van der Waals surface area contributed by atoms with Gasteiger partial charge in [0.25, 0.3) is 11.8 Å². The van der Waals surface area contributed by atoms with Crippen LogP contribution in [0.15, 0.2) is 24.3 Å². The molecule has 1 unspecified atom stereocenters. The molecular weight excluding hydrogens is 386 g/mol. The average molecular weight is 409 g/mol. The predicted octanol–water partition coefficient (Wildman–Crippen LogP) is 2.17. The molecule has 0 saturated heterocycles. The first-order chi connectivity index (χ1) is 14.3. The minimum absolute atomic E-state index is 0.00669. The molecule has 0 aliphatic carbocycles. The highest BCUT2D eigenvalue weighted by Crippen LogP contribution is 2.30. The van der Waals surface area contributed by atoms with Gasteiger partial charge in [-0.05, 0) is 50.1 Å². The fraction of sp³-hybridized carbons (Fsp3) is 0.333. The van der Waals surface area contributed by atoms with Crippen molar-refractivity contribution in [2.24, 2.45) is 7.05 Å². The van der Waals surface area contributed by atoms with Gasteiger partial charge < -0.3 is 20.1 Å². The third-order valence-electron chi connectivity index (χ3n) is 4.94. The fourth-order valence-electron chi connectivity index (χ4n) is 3.52. The van der Waals surface area contributed by atoms with Gasteiger partial charge in [-0.1, -0.05) is 6.07 Å². The normalized spacial score (nSPS) is 13.9. The Bertz CT molecular complexity index is 1150. The second-order valence-corrected chi connectivity index (χ2v) is 7.38. The monoisotopic (exact) mass is 409 g/mol. The van der Waals surface area contributed by atoms with Crippen LogP contribution < -0.4 is 20.1 Å². The summed E-state index contributed by atoms with van der Waals surface area (Å²) in [5.74, 6) is 0.514. The van der Waals surface area contributed by atoms with Gasteiger partial charge in [-0.2, -0.15) is 0 Å². The number of aromatic nitrogens is 3. The maximum absolute atomic E-state index is 12.4. The van der Waals surface area contributed by atoms with Crippen LogP contribution in [0.25, 0.3) is 11.0 Å². The minimum Gasteiger partial charge on any atom is -0.482 e. The van der Waals surface area contributed by atoms with Gasteiger partial charge in [0.2, 0.25) is 5.88 Å². The number of benzene rings is 1. The number of nitrogens with one attached hydrogen (secondary N) is 2. The van der Waals surface area contributed by atoms with Crippen LogP contribution in [0.5, 0.6) is 11.6 Å². The molecule has 30 heavy (non-hydrogen) atoms. The van der Waals surface area contributed by atoms with Crippen molar-refractivity contribution in [3.05, 3.63) is 41.1 Å². The van der Waals surface area contributed by atoms with Crippen LogP contribution in [0.1, 0.15) is 29.8 Å². The van der Waals surface area contributed by atoms with Gasteiger partial charge >= 0.3 is 0 Å². The number of rotatable bonds is 5. The van der Waals surface area contributed by atoms with Crippen LogP contribution in [0.2, 0.25) is 0 Å². The second kappa shape index (κ2) is 7.66. The summed E-state index contributed by atoms with van der Waals surface area (Å²) in [6, 6.07) is 7.10. The van der Waals surface area contributed by atoms with Crippen molar-refractivity contribution in [1.82, 2.24) is 20.1 Å². The Hall–Kier alpha value is -3.62. The summed E-state index contributed by atoms with van der Waals surface area (Å²) in [6.45, 7) is 5.58. The third kappa shape index (κ3) is 3.78. The van der Waals surface area contributed by atoms with E-state index in [4.69, 9.17) is 9.47 Å². The number of amides is 2. The zero-order valence-corrected chi connectivity index (χ0v) is 17.3. The topological polar surface area (TPSA) is 107 Å². The lowest BCUT2D eigenvalue weighted by atomic mass is 10.1. The molecule has 2 N–H and O–H groups in total. The summed E-state index contributed by atoms with van der Waals surface area (Å²) in [4.78, 5) is 28.4. The lowest BCUT2D eigenvalue weighted by molar-refractivity contribution is -0.123. The largest absolute Gasteiger partial charge is 0.482 e. The van der Waals surface area contributed by atoms with Crippen LogP contribution in [0, 0.1) is 13.8 Å². The molecule has 0 spiro atoms. The first-order valence-corrected chi connectivity index (χ1v) is 9.61. The molecule has 9 heteroatoms. The standard InChI is InChI=1S/C21H23N5O4/c1-11-7-12(2)22-20-19(11)21(25-26(20)4)30-10-17(27)23-13(3)14-5-6-16-15(8-14)24-18(28)9-29-16/h5-8,13H,9-10H2,1-4H3,(H,23,27)(H,24,28). The lowest BCUT2D eigenvalue weighted by Gasteiger charge is -2.21. The van der Waals surface area contributed by atoms with Crippen LogP contribution in [0.3, 0.4) is 0 Å². The van der Waals surface area contributed by atoms with Gasteiger partial charge in [0.1, 0.15) is 5.75 Å². The van der Waals surface area contributed by atoms with Gasteiger partial charge in [-0.25, -0.2) is 9.67 Å². The number of ether oxygens (including phenoxy) is 2. The minimum atomic E-state index is -0.281. The number of hydrogen-bond acceptors (Lipinski definition) is 6. The summed E-state index contributed by atoms with van der Waals surface area (Å²) >= 11 is 0. The number of fused-ring (bicyclic) bond motifs is 2. The zero-order valence-electron chi connectivity index (χ0n) is 17.3. The molecule has 0 saturated carbocycles. The van der Waals surface area contributed by atoms with Crippen molar-refractivity contribution in [1.29, 1.82) is 0 Å². The molecule has 9 nitrogen and oxygen atoms in total. The van der Waals surface area contributed by atoms with Gasteiger partial charge in [0.15, 0.2) is 18.9 Å². The van der Waals surface area contributed by atoms with Crippen molar-refractivity contribution < 1.29 is 19.1 Å². The Kier molecular flexibility index (Phi) is 5.03. The number of hydrogen-bond donors (Lipinski definition) is 2. The van der Waals surface area contributed by atoms with E-state index >= 15 is 0 Å². The molecule has 1 aliphatic heterocycles. The summed E-state index contributed by atoms with van der Waals surface area (Å²) in [6.07, 6.45) is 0. The molecule has 3 aromatic rings. The van der Waals surface area contributed by atoms with E-state index in [0.29, 0.717) is 17.3 Å². The first kappa shape index (κ1) is 19.7. The smallest absolute Gasteiger partial charge is 0.262 e. The predicted molar refractivity (Wildman–Crippen MR) is 111 cm³/mol.